The molecule has 142 valence electrons. The molecule has 0 radical (unpaired) electrons. The summed E-state index contributed by atoms with van der Waals surface area (Å²) in [6.07, 6.45) is 1.62. The zero-order valence-electron chi connectivity index (χ0n) is 14.4. The third-order valence-electron chi connectivity index (χ3n) is 4.48. The maximum atomic E-state index is 12.2. The number of rotatable bonds is 7. The maximum Gasteiger partial charge on any atom is 0.371 e. The van der Waals surface area contributed by atoms with Crippen molar-refractivity contribution in [2.45, 2.75) is 12.5 Å². The second-order valence-electron chi connectivity index (χ2n) is 6.35. The Labute approximate surface area is 154 Å². The lowest BCUT2D eigenvalue weighted by Gasteiger charge is -2.15. The van der Waals surface area contributed by atoms with E-state index in [9.17, 15) is 19.5 Å². The van der Waals surface area contributed by atoms with Crippen LogP contribution in [-0.2, 0) is 16.1 Å². The number of hydrogen-bond donors (Lipinski definition) is 3. The summed E-state index contributed by atoms with van der Waals surface area (Å²) in [5.41, 5.74) is 0.699. The Morgan fingerprint density at radius 3 is 2.63 bits per heavy atom. The lowest BCUT2D eigenvalue weighted by molar-refractivity contribution is -0.141. The SMILES string of the molecule is O=C(CN1C[C@@H](C(=O)O)[C@H](c2ccccn2)C1)NCc1ccc(C(=O)O)o1. The number of nitrogens with zero attached hydrogens (tertiary/aromatic N) is 2. The minimum Gasteiger partial charge on any atom is -0.481 e. The summed E-state index contributed by atoms with van der Waals surface area (Å²) < 4.78 is 5.08. The fourth-order valence-electron chi connectivity index (χ4n) is 3.19. The first-order valence-corrected chi connectivity index (χ1v) is 8.39. The molecule has 3 heterocycles. The van der Waals surface area contributed by atoms with E-state index in [1.807, 2.05) is 6.07 Å². The molecule has 2 atom stereocenters. The third-order valence-corrected chi connectivity index (χ3v) is 4.48. The van der Waals surface area contributed by atoms with Gasteiger partial charge in [0.1, 0.15) is 5.76 Å². The highest BCUT2D eigenvalue weighted by Crippen LogP contribution is 2.31. The fourth-order valence-corrected chi connectivity index (χ4v) is 3.19. The van der Waals surface area contributed by atoms with E-state index in [0.717, 1.165) is 0 Å². The number of aromatic carboxylic acids is 1. The monoisotopic (exact) mass is 373 g/mol. The third kappa shape index (κ3) is 4.50. The van der Waals surface area contributed by atoms with Crippen LogP contribution in [0.15, 0.2) is 40.9 Å². The smallest absolute Gasteiger partial charge is 0.371 e. The molecule has 0 unspecified atom stereocenters. The van der Waals surface area contributed by atoms with E-state index < -0.39 is 17.9 Å². The molecule has 9 heteroatoms. The van der Waals surface area contributed by atoms with Gasteiger partial charge in [0.15, 0.2) is 0 Å². The molecule has 2 aromatic heterocycles. The van der Waals surface area contributed by atoms with Gasteiger partial charge >= 0.3 is 11.9 Å². The zero-order chi connectivity index (χ0) is 19.4. The van der Waals surface area contributed by atoms with Crippen LogP contribution in [-0.4, -0.2) is 57.6 Å². The number of nitrogens with one attached hydrogen (secondary N) is 1. The number of likely N-dealkylation sites (tertiary alicyclic amines) is 1. The molecular weight excluding hydrogens is 354 g/mol. The molecular formula is C18H19N3O6. The van der Waals surface area contributed by atoms with E-state index in [2.05, 4.69) is 10.3 Å². The molecule has 27 heavy (non-hydrogen) atoms. The normalized spacial score (nSPS) is 19.7. The molecule has 1 amide bonds. The highest BCUT2D eigenvalue weighted by molar-refractivity contribution is 5.84. The average Bonchev–Trinajstić information content (AvgIpc) is 3.28. The quantitative estimate of drug-likeness (QED) is 0.649. The number of hydrogen-bond acceptors (Lipinski definition) is 6. The Balaban J connectivity index is 1.56. The predicted molar refractivity (Wildman–Crippen MR) is 92.1 cm³/mol. The van der Waals surface area contributed by atoms with Gasteiger partial charge in [0.25, 0.3) is 0 Å². The molecule has 2 aromatic rings. The standard InChI is InChI=1S/C18H19N3O6/c22-16(20-7-11-4-5-15(27-11)18(25)26)10-21-8-12(13(9-21)17(23)24)14-3-1-2-6-19-14/h1-6,12-13H,7-10H2,(H,20,22)(H,23,24)(H,25,26)/t12-,13-/m1/s1. The van der Waals surface area contributed by atoms with Gasteiger partial charge in [-0.15, -0.1) is 0 Å². The van der Waals surface area contributed by atoms with Crippen LogP contribution in [0.25, 0.3) is 0 Å². The highest BCUT2D eigenvalue weighted by Gasteiger charge is 2.39. The molecule has 1 aliphatic rings. The Morgan fingerprint density at radius 2 is 2.00 bits per heavy atom. The lowest BCUT2D eigenvalue weighted by atomic mass is 9.93. The second kappa shape index (κ2) is 8.00. The molecule has 9 nitrogen and oxygen atoms in total. The van der Waals surface area contributed by atoms with Gasteiger partial charge in [-0.1, -0.05) is 6.07 Å². The van der Waals surface area contributed by atoms with Crippen LogP contribution in [0, 0.1) is 5.92 Å². The van der Waals surface area contributed by atoms with Crippen LogP contribution in [0.1, 0.15) is 27.9 Å². The molecule has 1 aliphatic heterocycles. The van der Waals surface area contributed by atoms with Crippen molar-refractivity contribution in [1.29, 1.82) is 0 Å². The van der Waals surface area contributed by atoms with Crippen LogP contribution in [0.5, 0.6) is 0 Å². The summed E-state index contributed by atoms with van der Waals surface area (Å²) in [7, 11) is 0. The molecule has 1 fully saturated rings. The summed E-state index contributed by atoms with van der Waals surface area (Å²) in [6, 6.07) is 8.17. The zero-order valence-corrected chi connectivity index (χ0v) is 14.4. The Kier molecular flexibility index (Phi) is 5.51. The Bertz CT molecular complexity index is 835. The van der Waals surface area contributed by atoms with Crippen LogP contribution < -0.4 is 5.32 Å². The Hall–Kier alpha value is -3.20. The molecule has 0 bridgehead atoms. The van der Waals surface area contributed by atoms with E-state index in [0.29, 0.717) is 18.0 Å². The van der Waals surface area contributed by atoms with Crippen molar-refractivity contribution in [2.75, 3.05) is 19.6 Å². The van der Waals surface area contributed by atoms with Crippen molar-refractivity contribution in [3.8, 4) is 0 Å². The van der Waals surface area contributed by atoms with Gasteiger partial charge < -0.3 is 19.9 Å². The van der Waals surface area contributed by atoms with E-state index in [1.54, 1.807) is 23.2 Å². The number of carbonyl (C=O) groups excluding carboxylic acids is 1. The molecule has 0 spiro atoms. The van der Waals surface area contributed by atoms with E-state index >= 15 is 0 Å². The van der Waals surface area contributed by atoms with E-state index in [4.69, 9.17) is 9.52 Å². The summed E-state index contributed by atoms with van der Waals surface area (Å²) in [5, 5.41) is 20.9. The first-order chi connectivity index (χ1) is 12.9. The van der Waals surface area contributed by atoms with Crippen LogP contribution >= 0.6 is 0 Å². The first kappa shape index (κ1) is 18.6. The summed E-state index contributed by atoms with van der Waals surface area (Å²) in [5.74, 6) is -3.15. The Morgan fingerprint density at radius 1 is 1.19 bits per heavy atom. The number of carbonyl (C=O) groups is 3. The molecule has 0 aliphatic carbocycles. The largest absolute Gasteiger partial charge is 0.481 e. The van der Waals surface area contributed by atoms with Crippen molar-refractivity contribution in [3.05, 3.63) is 53.7 Å². The van der Waals surface area contributed by atoms with Crippen molar-refractivity contribution in [3.63, 3.8) is 0 Å². The highest BCUT2D eigenvalue weighted by atomic mass is 16.4. The van der Waals surface area contributed by atoms with Crippen molar-refractivity contribution < 1.29 is 29.0 Å². The van der Waals surface area contributed by atoms with Gasteiger partial charge in [0.2, 0.25) is 11.7 Å². The lowest BCUT2D eigenvalue weighted by Crippen LogP contribution is -2.36. The number of aliphatic carboxylic acids is 1. The molecule has 0 aromatic carbocycles. The van der Waals surface area contributed by atoms with Crippen molar-refractivity contribution >= 4 is 17.8 Å². The maximum absolute atomic E-state index is 12.2. The van der Waals surface area contributed by atoms with E-state index in [1.165, 1.54) is 12.1 Å². The summed E-state index contributed by atoms with van der Waals surface area (Å²) in [4.78, 5) is 40.5. The molecule has 0 saturated carbocycles. The van der Waals surface area contributed by atoms with Crippen LogP contribution in [0.3, 0.4) is 0 Å². The van der Waals surface area contributed by atoms with Crippen LogP contribution in [0.4, 0.5) is 0 Å². The van der Waals surface area contributed by atoms with Gasteiger partial charge in [-0.3, -0.25) is 19.5 Å². The molecule has 1 saturated heterocycles. The predicted octanol–water partition coefficient (Wildman–Crippen LogP) is 0.789. The van der Waals surface area contributed by atoms with Gasteiger partial charge in [0, 0.05) is 30.9 Å². The van der Waals surface area contributed by atoms with Crippen molar-refractivity contribution in [1.82, 2.24) is 15.2 Å². The fraction of sp³-hybridized carbons (Fsp3) is 0.333. The van der Waals surface area contributed by atoms with Gasteiger partial charge in [-0.2, -0.15) is 0 Å². The summed E-state index contributed by atoms with van der Waals surface area (Å²) >= 11 is 0. The van der Waals surface area contributed by atoms with Gasteiger partial charge in [-0.05, 0) is 24.3 Å². The minimum atomic E-state index is -1.18. The number of furan rings is 1. The average molecular weight is 373 g/mol. The summed E-state index contributed by atoms with van der Waals surface area (Å²) in [6.45, 7) is 0.783. The van der Waals surface area contributed by atoms with Crippen molar-refractivity contribution in [2.24, 2.45) is 5.92 Å². The van der Waals surface area contributed by atoms with Gasteiger partial charge in [-0.25, -0.2) is 4.79 Å². The molecule has 3 rings (SSSR count). The minimum absolute atomic E-state index is 0.0413. The number of aromatic nitrogens is 1. The number of carboxylic acid groups (broad SMARTS) is 2. The van der Waals surface area contributed by atoms with Crippen LogP contribution in [0.2, 0.25) is 0 Å². The number of pyridine rings is 1. The van der Waals surface area contributed by atoms with Gasteiger partial charge in [0.05, 0.1) is 19.0 Å². The second-order valence-corrected chi connectivity index (χ2v) is 6.35. The number of amides is 1. The first-order valence-electron chi connectivity index (χ1n) is 8.39. The topological polar surface area (TPSA) is 133 Å². The van der Waals surface area contributed by atoms with E-state index in [-0.39, 0.29) is 37.2 Å². The molecule has 3 N–H and O–H groups in total. The number of carboxylic acids is 2.